The van der Waals surface area contributed by atoms with E-state index >= 15 is 0 Å². The van der Waals surface area contributed by atoms with Crippen molar-refractivity contribution in [1.82, 2.24) is 0 Å². The summed E-state index contributed by atoms with van der Waals surface area (Å²) in [5.74, 6) is 0. The lowest BCUT2D eigenvalue weighted by Gasteiger charge is -1.93. The quantitative estimate of drug-likeness (QED) is 0.321. The minimum absolute atomic E-state index is 1.08. The Hall–Kier alpha value is -0.780. The molecule has 16 heavy (non-hydrogen) atoms. The first-order valence-electron chi connectivity index (χ1n) is 6.86. The summed E-state index contributed by atoms with van der Waals surface area (Å²) in [7, 11) is 0. The van der Waals surface area contributed by atoms with Crippen LogP contribution in [0.1, 0.15) is 65.2 Å². The van der Waals surface area contributed by atoms with Crippen LogP contribution in [0, 0.1) is 0 Å². The van der Waals surface area contributed by atoms with Crippen molar-refractivity contribution >= 4 is 0 Å². The number of rotatable bonds is 10. The van der Waals surface area contributed by atoms with Gasteiger partial charge in [0.2, 0.25) is 0 Å². The van der Waals surface area contributed by atoms with Crippen molar-refractivity contribution in [3.05, 3.63) is 36.5 Å². The van der Waals surface area contributed by atoms with Crippen LogP contribution in [-0.2, 0) is 0 Å². The van der Waals surface area contributed by atoms with Gasteiger partial charge in [0.1, 0.15) is 0 Å². The van der Waals surface area contributed by atoms with Crippen LogP contribution in [0.4, 0.5) is 0 Å². The van der Waals surface area contributed by atoms with Crippen molar-refractivity contribution < 1.29 is 0 Å². The molecule has 0 fully saturated rings. The predicted octanol–water partition coefficient (Wildman–Crippen LogP) is 5.82. The van der Waals surface area contributed by atoms with Crippen LogP contribution in [-0.4, -0.2) is 0 Å². The molecule has 0 saturated carbocycles. The van der Waals surface area contributed by atoms with Gasteiger partial charge in [-0.2, -0.15) is 0 Å². The van der Waals surface area contributed by atoms with Crippen molar-refractivity contribution in [2.45, 2.75) is 65.2 Å². The van der Waals surface area contributed by atoms with E-state index in [-0.39, 0.29) is 0 Å². The van der Waals surface area contributed by atoms with Gasteiger partial charge in [-0.25, -0.2) is 0 Å². The molecule has 0 saturated heterocycles. The molecule has 0 heteroatoms. The molecule has 0 aliphatic carbocycles. The lowest BCUT2D eigenvalue weighted by Crippen LogP contribution is -1.73. The van der Waals surface area contributed by atoms with Crippen LogP contribution in [0.2, 0.25) is 0 Å². The maximum atomic E-state index is 2.32. The summed E-state index contributed by atoms with van der Waals surface area (Å²) in [6.45, 7) is 4.43. The fourth-order valence-corrected chi connectivity index (χ4v) is 1.52. The Balaban J connectivity index is 3.23. The SMILES string of the molecule is CC/C=C/C/C=C/C/C=C/CCCCCC. The molecule has 0 aliphatic rings. The highest BCUT2D eigenvalue weighted by Gasteiger charge is 1.83. The van der Waals surface area contributed by atoms with E-state index in [1.54, 1.807) is 0 Å². The molecule has 0 radical (unpaired) electrons. The highest BCUT2D eigenvalue weighted by atomic mass is 13.9. The Bertz CT molecular complexity index is 196. The van der Waals surface area contributed by atoms with Gasteiger partial charge in [0, 0.05) is 0 Å². The summed E-state index contributed by atoms with van der Waals surface area (Å²) >= 11 is 0. The van der Waals surface area contributed by atoms with Gasteiger partial charge in [0.05, 0.1) is 0 Å². The van der Waals surface area contributed by atoms with Gasteiger partial charge in [-0.3, -0.25) is 0 Å². The zero-order valence-corrected chi connectivity index (χ0v) is 11.1. The van der Waals surface area contributed by atoms with Gasteiger partial charge >= 0.3 is 0 Å². The third-order valence-corrected chi connectivity index (χ3v) is 2.50. The van der Waals surface area contributed by atoms with E-state index in [0.717, 1.165) is 19.3 Å². The van der Waals surface area contributed by atoms with Gasteiger partial charge in [-0.05, 0) is 32.1 Å². The van der Waals surface area contributed by atoms with Crippen LogP contribution in [0.15, 0.2) is 36.5 Å². The summed E-state index contributed by atoms with van der Waals surface area (Å²) in [5, 5.41) is 0. The summed E-state index contributed by atoms with van der Waals surface area (Å²) in [6, 6.07) is 0. The first-order valence-corrected chi connectivity index (χ1v) is 6.86. The average molecular weight is 220 g/mol. The monoisotopic (exact) mass is 220 g/mol. The number of hydrogen-bond donors (Lipinski definition) is 0. The van der Waals surface area contributed by atoms with Gasteiger partial charge in [-0.15, -0.1) is 0 Å². The van der Waals surface area contributed by atoms with Gasteiger partial charge < -0.3 is 0 Å². The maximum Gasteiger partial charge on any atom is -0.0169 e. The standard InChI is InChI=1S/C16H28/c1-3-5-7-9-11-13-15-16-14-12-10-8-6-4-2/h5,7,11,13-14,16H,3-4,6,8-10,12,15H2,1-2H3/b7-5+,13-11+,16-14+. The van der Waals surface area contributed by atoms with E-state index in [2.05, 4.69) is 50.3 Å². The van der Waals surface area contributed by atoms with Crippen molar-refractivity contribution in [2.75, 3.05) is 0 Å². The van der Waals surface area contributed by atoms with E-state index < -0.39 is 0 Å². The minimum Gasteiger partial charge on any atom is -0.0885 e. The highest BCUT2D eigenvalue weighted by Crippen LogP contribution is 2.03. The Labute approximate surface area is 102 Å². The van der Waals surface area contributed by atoms with E-state index in [1.807, 2.05) is 0 Å². The third kappa shape index (κ3) is 13.2. The highest BCUT2D eigenvalue weighted by molar-refractivity contribution is 4.96. The second-order valence-corrected chi connectivity index (χ2v) is 4.14. The first-order chi connectivity index (χ1) is 7.91. The van der Waals surface area contributed by atoms with Crippen LogP contribution >= 0.6 is 0 Å². The molecule has 0 atom stereocenters. The molecule has 0 unspecified atom stereocenters. The molecule has 0 N–H and O–H groups in total. The molecule has 0 aromatic rings. The molecule has 0 aliphatic heterocycles. The largest absolute Gasteiger partial charge is 0.0885 e. The van der Waals surface area contributed by atoms with Crippen LogP contribution in [0.3, 0.4) is 0 Å². The smallest absolute Gasteiger partial charge is 0.0169 e. The molecule has 92 valence electrons. The topological polar surface area (TPSA) is 0 Å². The molecule has 0 heterocycles. The van der Waals surface area contributed by atoms with Crippen LogP contribution in [0.25, 0.3) is 0 Å². The van der Waals surface area contributed by atoms with Gasteiger partial charge in [-0.1, -0.05) is 69.6 Å². The molecule has 0 aromatic heterocycles. The Morgan fingerprint density at radius 1 is 0.625 bits per heavy atom. The molecule has 0 rings (SSSR count). The fraction of sp³-hybridized carbons (Fsp3) is 0.625. The number of allylic oxidation sites excluding steroid dienone is 6. The Morgan fingerprint density at radius 2 is 1.25 bits per heavy atom. The van der Waals surface area contributed by atoms with Gasteiger partial charge in [0.25, 0.3) is 0 Å². The molecule has 0 nitrogen and oxygen atoms in total. The van der Waals surface area contributed by atoms with Crippen LogP contribution in [0.5, 0.6) is 0 Å². The summed E-state index contributed by atoms with van der Waals surface area (Å²) in [5.41, 5.74) is 0. The average Bonchev–Trinajstić information content (AvgIpc) is 2.31. The normalized spacial score (nSPS) is 12.4. The predicted molar refractivity (Wildman–Crippen MR) is 75.7 cm³/mol. The molecule has 0 spiro atoms. The number of hydrogen-bond acceptors (Lipinski definition) is 0. The molecular weight excluding hydrogens is 192 g/mol. The molecule has 0 bridgehead atoms. The second-order valence-electron chi connectivity index (χ2n) is 4.14. The van der Waals surface area contributed by atoms with Crippen molar-refractivity contribution in [3.63, 3.8) is 0 Å². The third-order valence-electron chi connectivity index (χ3n) is 2.50. The maximum absolute atomic E-state index is 2.32. The Kier molecular flexibility index (Phi) is 13.5. The van der Waals surface area contributed by atoms with Crippen molar-refractivity contribution in [1.29, 1.82) is 0 Å². The van der Waals surface area contributed by atoms with E-state index in [9.17, 15) is 0 Å². The Morgan fingerprint density at radius 3 is 1.88 bits per heavy atom. The van der Waals surface area contributed by atoms with Gasteiger partial charge in [0.15, 0.2) is 0 Å². The zero-order valence-electron chi connectivity index (χ0n) is 11.1. The summed E-state index contributed by atoms with van der Waals surface area (Å²) < 4.78 is 0. The lowest BCUT2D eigenvalue weighted by molar-refractivity contribution is 0.674. The van der Waals surface area contributed by atoms with Crippen molar-refractivity contribution in [2.24, 2.45) is 0 Å². The van der Waals surface area contributed by atoms with E-state index in [0.29, 0.717) is 0 Å². The van der Waals surface area contributed by atoms with Crippen molar-refractivity contribution in [3.8, 4) is 0 Å². The minimum atomic E-state index is 1.08. The van der Waals surface area contributed by atoms with E-state index in [4.69, 9.17) is 0 Å². The summed E-state index contributed by atoms with van der Waals surface area (Å²) in [6.07, 6.45) is 23.6. The first kappa shape index (κ1) is 15.2. The van der Waals surface area contributed by atoms with E-state index in [1.165, 1.54) is 32.1 Å². The molecular formula is C16H28. The fourth-order valence-electron chi connectivity index (χ4n) is 1.52. The zero-order chi connectivity index (χ0) is 11.9. The second kappa shape index (κ2) is 14.2. The van der Waals surface area contributed by atoms with Crippen LogP contribution < -0.4 is 0 Å². The molecule has 0 aromatic carbocycles. The summed E-state index contributed by atoms with van der Waals surface area (Å²) in [4.78, 5) is 0. The number of unbranched alkanes of at least 4 members (excludes halogenated alkanes) is 4. The lowest BCUT2D eigenvalue weighted by atomic mass is 10.1. The molecule has 0 amide bonds.